The molecule has 0 spiro atoms. The fourth-order valence-corrected chi connectivity index (χ4v) is 9.60. The quantitative estimate of drug-likeness (QED) is 0.169. The van der Waals surface area contributed by atoms with E-state index in [0.29, 0.717) is 0 Å². The molecule has 8 aromatic carbocycles. The minimum Gasteiger partial charge on any atom is -0.456 e. The average Bonchev–Trinajstić information content (AvgIpc) is 3.78. The van der Waals surface area contributed by atoms with Crippen LogP contribution >= 0.6 is 0 Å². The van der Waals surface area contributed by atoms with Gasteiger partial charge in [0, 0.05) is 44.2 Å². The summed E-state index contributed by atoms with van der Waals surface area (Å²) in [6, 6.07) is 61.0. The SMILES string of the molecule is c1ccc(N2B3c4cc5oc6ccccc6c5cc4-n4c5ccccc5c5c(N6c7ccccc7Oc7ccccc76)cc(c3c54)-c3ccccc32)cc1. The topological polar surface area (TPSA) is 33.8 Å². The summed E-state index contributed by atoms with van der Waals surface area (Å²) in [5, 5.41) is 4.67. The van der Waals surface area contributed by atoms with E-state index in [4.69, 9.17) is 9.15 Å². The van der Waals surface area contributed by atoms with Gasteiger partial charge in [-0.25, -0.2) is 0 Å². The Hall–Kier alpha value is -7.18. The van der Waals surface area contributed by atoms with Crippen LogP contribution in [0.5, 0.6) is 11.5 Å². The number of hydrogen-bond acceptors (Lipinski definition) is 4. The van der Waals surface area contributed by atoms with Crippen LogP contribution in [0.15, 0.2) is 174 Å². The van der Waals surface area contributed by atoms with Gasteiger partial charge >= 0.3 is 6.85 Å². The number of para-hydroxylation sites is 8. The maximum absolute atomic E-state index is 6.62. The minimum atomic E-state index is -0.123. The van der Waals surface area contributed by atoms with Crippen LogP contribution in [-0.2, 0) is 0 Å². The maximum Gasteiger partial charge on any atom is 0.333 e. The first-order valence-corrected chi connectivity index (χ1v) is 18.5. The molecule has 2 aromatic heterocycles. The van der Waals surface area contributed by atoms with Gasteiger partial charge in [0.05, 0.1) is 28.1 Å². The first-order chi connectivity index (χ1) is 26.8. The van der Waals surface area contributed by atoms with Crippen molar-refractivity contribution in [2.24, 2.45) is 0 Å². The smallest absolute Gasteiger partial charge is 0.333 e. The molecule has 5 nitrogen and oxygen atoms in total. The highest BCUT2D eigenvalue weighted by molar-refractivity contribution is 6.94. The van der Waals surface area contributed by atoms with Crippen molar-refractivity contribution < 1.29 is 9.15 Å². The number of fused-ring (bicyclic) bond motifs is 13. The summed E-state index contributed by atoms with van der Waals surface area (Å²) in [5.41, 5.74) is 15.8. The van der Waals surface area contributed by atoms with E-state index in [1.165, 1.54) is 55.2 Å². The van der Waals surface area contributed by atoms with Crippen molar-refractivity contribution in [1.29, 1.82) is 0 Å². The largest absolute Gasteiger partial charge is 0.456 e. The van der Waals surface area contributed by atoms with E-state index < -0.39 is 0 Å². The summed E-state index contributed by atoms with van der Waals surface area (Å²) in [4.78, 5) is 4.97. The summed E-state index contributed by atoms with van der Waals surface area (Å²) < 4.78 is 15.7. The third-order valence-corrected chi connectivity index (χ3v) is 11.7. The van der Waals surface area contributed by atoms with Crippen LogP contribution in [0.3, 0.4) is 0 Å². The number of aromatic nitrogens is 1. The van der Waals surface area contributed by atoms with E-state index in [1.54, 1.807) is 0 Å². The Bertz CT molecular complexity index is 3190. The van der Waals surface area contributed by atoms with Crippen molar-refractivity contribution in [2.75, 3.05) is 9.71 Å². The van der Waals surface area contributed by atoms with Crippen molar-refractivity contribution in [2.45, 2.75) is 0 Å². The highest BCUT2D eigenvalue weighted by Crippen LogP contribution is 2.55. The lowest BCUT2D eigenvalue weighted by Crippen LogP contribution is -2.60. The average molecular weight is 690 g/mol. The minimum absolute atomic E-state index is 0.123. The standard InChI is InChI=1S/C48H28BN3O2/c1-2-14-29(15-3-1)52-37-20-8-4-16-30(37)34-27-41(50-38-21-9-12-24-43(38)54-44-25-13-10-22-39(44)50)46-32-18-5-7-19-36(32)51-40-26-33-31-17-6-11-23-42(31)53-45(33)28-35(40)49(52)47(34)48(46)51/h1-28H. The first-order valence-electron chi connectivity index (χ1n) is 18.5. The molecule has 13 rings (SSSR count). The van der Waals surface area contributed by atoms with Gasteiger partial charge in [-0.3, -0.25) is 0 Å². The third-order valence-electron chi connectivity index (χ3n) is 11.7. The van der Waals surface area contributed by atoms with Crippen molar-refractivity contribution in [3.8, 4) is 28.3 Å². The van der Waals surface area contributed by atoms with Gasteiger partial charge in [-0.05, 0) is 89.3 Å². The van der Waals surface area contributed by atoms with E-state index in [0.717, 1.165) is 56.2 Å². The van der Waals surface area contributed by atoms with Gasteiger partial charge in [0.15, 0.2) is 11.5 Å². The predicted octanol–water partition coefficient (Wildman–Crippen LogP) is 11.5. The number of anilines is 5. The van der Waals surface area contributed by atoms with E-state index in [9.17, 15) is 0 Å². The molecule has 0 unspecified atom stereocenters. The molecule has 0 fully saturated rings. The fourth-order valence-electron chi connectivity index (χ4n) is 9.60. The number of furan rings is 1. The summed E-state index contributed by atoms with van der Waals surface area (Å²) in [6.07, 6.45) is 0. The first kappa shape index (κ1) is 28.4. The van der Waals surface area contributed by atoms with Crippen molar-refractivity contribution in [1.82, 2.24) is 4.57 Å². The highest BCUT2D eigenvalue weighted by Gasteiger charge is 2.45. The molecular weight excluding hydrogens is 661 g/mol. The molecule has 0 radical (unpaired) electrons. The molecule has 0 aliphatic carbocycles. The monoisotopic (exact) mass is 689 g/mol. The predicted molar refractivity (Wildman–Crippen MR) is 222 cm³/mol. The van der Waals surface area contributed by atoms with E-state index >= 15 is 0 Å². The van der Waals surface area contributed by atoms with E-state index in [1.807, 2.05) is 12.1 Å². The fraction of sp³-hybridized carbons (Fsp3) is 0. The Labute approximate surface area is 310 Å². The number of nitrogens with zero attached hydrogens (tertiary/aromatic N) is 3. The molecule has 3 aliphatic rings. The normalized spacial score (nSPS) is 13.6. The lowest BCUT2D eigenvalue weighted by atomic mass is 9.44. The zero-order valence-electron chi connectivity index (χ0n) is 28.9. The molecule has 0 N–H and O–H groups in total. The van der Waals surface area contributed by atoms with Crippen LogP contribution in [0.4, 0.5) is 28.4 Å². The number of ether oxygens (including phenoxy) is 1. The molecule has 0 saturated heterocycles. The number of rotatable bonds is 2. The molecule has 54 heavy (non-hydrogen) atoms. The molecule has 5 heterocycles. The van der Waals surface area contributed by atoms with E-state index in [-0.39, 0.29) is 6.85 Å². The highest BCUT2D eigenvalue weighted by atomic mass is 16.5. The molecule has 250 valence electrons. The summed E-state index contributed by atoms with van der Waals surface area (Å²) in [5.74, 6) is 1.68. The zero-order valence-corrected chi connectivity index (χ0v) is 28.9. The van der Waals surface area contributed by atoms with Crippen molar-refractivity contribution >= 4 is 90.0 Å². The van der Waals surface area contributed by atoms with Crippen LogP contribution in [-0.4, -0.2) is 11.4 Å². The van der Waals surface area contributed by atoms with Gasteiger partial charge in [0.2, 0.25) is 0 Å². The Kier molecular flexibility index (Phi) is 5.39. The van der Waals surface area contributed by atoms with Gasteiger partial charge in [-0.15, -0.1) is 0 Å². The van der Waals surface area contributed by atoms with E-state index in [2.05, 4.69) is 172 Å². The molecule has 0 saturated carbocycles. The Balaban J connectivity index is 1.25. The Morgan fingerprint density at radius 2 is 1.13 bits per heavy atom. The lowest BCUT2D eigenvalue weighted by Gasteiger charge is -2.42. The second-order valence-corrected chi connectivity index (χ2v) is 14.4. The van der Waals surface area contributed by atoms with Crippen LogP contribution in [0.2, 0.25) is 0 Å². The van der Waals surface area contributed by atoms with Crippen molar-refractivity contribution in [3.05, 3.63) is 170 Å². The molecule has 10 aromatic rings. The molecular formula is C48H28BN3O2. The van der Waals surface area contributed by atoms with Crippen LogP contribution in [0, 0.1) is 0 Å². The van der Waals surface area contributed by atoms with Crippen LogP contribution in [0.1, 0.15) is 0 Å². The molecule has 0 amide bonds. The zero-order chi connectivity index (χ0) is 35.1. The second-order valence-electron chi connectivity index (χ2n) is 14.4. The molecule has 3 aliphatic heterocycles. The van der Waals surface area contributed by atoms with Crippen molar-refractivity contribution in [3.63, 3.8) is 0 Å². The Morgan fingerprint density at radius 3 is 1.94 bits per heavy atom. The Morgan fingerprint density at radius 1 is 0.463 bits per heavy atom. The number of hydrogen-bond donors (Lipinski definition) is 0. The van der Waals surface area contributed by atoms with Gasteiger partial charge in [0.25, 0.3) is 0 Å². The third kappa shape index (κ3) is 3.55. The lowest BCUT2D eigenvalue weighted by molar-refractivity contribution is 0.477. The maximum atomic E-state index is 6.62. The van der Waals surface area contributed by atoms with Gasteiger partial charge < -0.3 is 23.4 Å². The van der Waals surface area contributed by atoms with Crippen LogP contribution < -0.4 is 25.4 Å². The van der Waals surface area contributed by atoms with Crippen LogP contribution in [0.25, 0.3) is 60.6 Å². The van der Waals surface area contributed by atoms with Gasteiger partial charge in [-0.1, -0.05) is 97.1 Å². The van der Waals surface area contributed by atoms with Gasteiger partial charge in [0.1, 0.15) is 11.2 Å². The second kappa shape index (κ2) is 10.2. The summed E-state index contributed by atoms with van der Waals surface area (Å²) in [6.45, 7) is -0.123. The summed E-state index contributed by atoms with van der Waals surface area (Å²) >= 11 is 0. The molecule has 0 atom stereocenters. The molecule has 6 heteroatoms. The number of benzene rings is 8. The molecule has 0 bridgehead atoms. The summed E-state index contributed by atoms with van der Waals surface area (Å²) in [7, 11) is 0. The van der Waals surface area contributed by atoms with Gasteiger partial charge in [-0.2, -0.15) is 0 Å².